The van der Waals surface area contributed by atoms with Gasteiger partial charge in [-0.3, -0.25) is 4.79 Å². The van der Waals surface area contributed by atoms with E-state index in [9.17, 15) is 13.6 Å². The molecule has 23 heavy (non-hydrogen) atoms. The molecule has 0 atom stereocenters. The third-order valence-electron chi connectivity index (χ3n) is 3.03. The smallest absolute Gasteiger partial charge is 0.265 e. The fourth-order valence-corrected chi connectivity index (χ4v) is 2.67. The summed E-state index contributed by atoms with van der Waals surface area (Å²) >= 11 is 9.28. The summed E-state index contributed by atoms with van der Waals surface area (Å²) in [5, 5.41) is 0.302. The van der Waals surface area contributed by atoms with Gasteiger partial charge in [0, 0.05) is 5.56 Å². The van der Waals surface area contributed by atoms with Crippen LogP contribution in [0, 0.1) is 0 Å². The van der Waals surface area contributed by atoms with E-state index in [1.807, 2.05) is 0 Å². The van der Waals surface area contributed by atoms with Gasteiger partial charge >= 0.3 is 0 Å². The molecule has 0 fully saturated rings. The first-order valence-corrected chi connectivity index (χ1v) is 7.82. The Labute approximate surface area is 145 Å². The quantitative estimate of drug-likeness (QED) is 0.650. The Bertz CT molecular complexity index is 777. The van der Waals surface area contributed by atoms with Crippen molar-refractivity contribution >= 4 is 27.5 Å². The average Bonchev–Trinajstić information content (AvgIpc) is 2.50. The number of hydrogen-bond acceptors (Lipinski definition) is 2. The minimum atomic E-state index is -2.66. The van der Waals surface area contributed by atoms with Crippen LogP contribution in [0.1, 0.15) is 0 Å². The molecule has 0 amide bonds. The first-order valence-electron chi connectivity index (χ1n) is 6.65. The van der Waals surface area contributed by atoms with E-state index in [1.54, 1.807) is 30.3 Å². The van der Waals surface area contributed by atoms with Crippen LogP contribution in [-0.4, -0.2) is 17.6 Å². The van der Waals surface area contributed by atoms with Crippen molar-refractivity contribution in [3.63, 3.8) is 0 Å². The van der Waals surface area contributed by atoms with Crippen molar-refractivity contribution in [1.29, 1.82) is 0 Å². The molecule has 0 unspecified atom stereocenters. The summed E-state index contributed by atoms with van der Waals surface area (Å²) in [6, 6.07) is 7.94. The Morgan fingerprint density at radius 2 is 2.09 bits per heavy atom. The minimum absolute atomic E-state index is 0.212. The number of nitrogens with zero attached hydrogens (tertiary/aromatic N) is 1. The van der Waals surface area contributed by atoms with Gasteiger partial charge in [-0.15, -0.1) is 0 Å². The van der Waals surface area contributed by atoms with Crippen LogP contribution in [0.3, 0.4) is 0 Å². The monoisotopic (exact) mass is 403 g/mol. The molecule has 0 aliphatic rings. The van der Waals surface area contributed by atoms with Crippen molar-refractivity contribution in [2.75, 3.05) is 6.61 Å². The Kier molecular flexibility index (Phi) is 5.96. The summed E-state index contributed by atoms with van der Waals surface area (Å²) in [4.78, 5) is 12.1. The second kappa shape index (κ2) is 7.75. The molecule has 122 valence electrons. The average molecular weight is 405 g/mol. The normalized spacial score (nSPS) is 10.8. The van der Waals surface area contributed by atoms with Gasteiger partial charge in [0.15, 0.2) is 0 Å². The van der Waals surface area contributed by atoms with Gasteiger partial charge in [0.1, 0.15) is 12.4 Å². The Hall–Kier alpha value is -1.66. The van der Waals surface area contributed by atoms with Crippen molar-refractivity contribution in [2.45, 2.75) is 13.0 Å². The zero-order valence-electron chi connectivity index (χ0n) is 11.9. The summed E-state index contributed by atoms with van der Waals surface area (Å²) in [5.74, 6) is 0.526. The molecule has 0 radical (unpaired) electrons. The van der Waals surface area contributed by atoms with Crippen molar-refractivity contribution in [3.05, 3.63) is 62.8 Å². The molecule has 1 heterocycles. The Morgan fingerprint density at radius 1 is 1.35 bits per heavy atom. The molecule has 3 nitrogen and oxygen atoms in total. The van der Waals surface area contributed by atoms with E-state index in [4.69, 9.17) is 16.3 Å². The lowest BCUT2D eigenvalue weighted by Gasteiger charge is -2.15. The van der Waals surface area contributed by atoms with Crippen LogP contribution in [0.15, 0.2) is 52.3 Å². The molecule has 0 N–H and O–H groups in total. The highest BCUT2D eigenvalue weighted by atomic mass is 79.9. The third-order valence-corrected chi connectivity index (χ3v) is 3.95. The molecule has 0 bridgehead atoms. The van der Waals surface area contributed by atoms with Gasteiger partial charge in [0.05, 0.1) is 21.7 Å². The molecule has 0 aliphatic heterocycles. The van der Waals surface area contributed by atoms with E-state index < -0.39 is 18.5 Å². The molecule has 1 aromatic heterocycles. The summed E-state index contributed by atoms with van der Waals surface area (Å²) in [6.07, 6.45) is -1.06. The van der Waals surface area contributed by atoms with E-state index in [-0.39, 0.29) is 4.47 Å². The molecular weight excluding hydrogens is 392 g/mol. The Morgan fingerprint density at radius 3 is 2.70 bits per heavy atom. The third kappa shape index (κ3) is 4.20. The second-order valence-electron chi connectivity index (χ2n) is 4.61. The number of hydrogen-bond donors (Lipinski definition) is 0. The van der Waals surface area contributed by atoms with Crippen LogP contribution in [-0.2, 0) is 6.54 Å². The fourth-order valence-electron chi connectivity index (χ4n) is 2.05. The van der Waals surface area contributed by atoms with Crippen LogP contribution in [0.4, 0.5) is 8.78 Å². The van der Waals surface area contributed by atoms with Crippen molar-refractivity contribution < 1.29 is 13.5 Å². The van der Waals surface area contributed by atoms with E-state index in [0.29, 0.717) is 28.6 Å². The maximum absolute atomic E-state index is 12.8. The first kappa shape index (κ1) is 17.7. The number of pyridine rings is 1. The number of rotatable bonds is 6. The summed E-state index contributed by atoms with van der Waals surface area (Å²) < 4.78 is 32.2. The van der Waals surface area contributed by atoms with E-state index >= 15 is 0 Å². The number of halogens is 4. The molecule has 0 saturated heterocycles. The molecule has 2 rings (SSSR count). The standard InChI is InChI=1S/C16H13BrClF2NO2/c1-2-7-23-10-3-4-11(13(18)8-10)14-6-5-12(17)16(22)21(14)9-15(19)20/h2-6,8,15H,1,7,9H2. The number of benzene rings is 1. The van der Waals surface area contributed by atoms with Gasteiger partial charge in [-0.25, -0.2) is 8.78 Å². The van der Waals surface area contributed by atoms with Crippen molar-refractivity contribution in [3.8, 4) is 17.0 Å². The predicted molar refractivity (Wildman–Crippen MR) is 90.5 cm³/mol. The Balaban J connectivity index is 2.51. The topological polar surface area (TPSA) is 31.2 Å². The van der Waals surface area contributed by atoms with Gasteiger partial charge in [-0.2, -0.15) is 0 Å². The number of alkyl halides is 2. The molecule has 1 aromatic carbocycles. The lowest BCUT2D eigenvalue weighted by Crippen LogP contribution is -2.25. The molecule has 0 spiro atoms. The van der Waals surface area contributed by atoms with Crippen LogP contribution in [0.25, 0.3) is 11.3 Å². The highest BCUT2D eigenvalue weighted by Crippen LogP contribution is 2.31. The van der Waals surface area contributed by atoms with Crippen molar-refractivity contribution in [1.82, 2.24) is 4.57 Å². The van der Waals surface area contributed by atoms with Crippen LogP contribution in [0.2, 0.25) is 5.02 Å². The summed E-state index contributed by atoms with van der Waals surface area (Å²) in [6.45, 7) is 3.16. The minimum Gasteiger partial charge on any atom is -0.490 e. The molecular formula is C16H13BrClF2NO2. The van der Waals surface area contributed by atoms with Crippen LogP contribution >= 0.6 is 27.5 Å². The van der Waals surface area contributed by atoms with Crippen LogP contribution < -0.4 is 10.3 Å². The lowest BCUT2D eigenvalue weighted by molar-refractivity contribution is 0.126. The van der Waals surface area contributed by atoms with E-state index in [1.165, 1.54) is 6.07 Å². The highest BCUT2D eigenvalue weighted by molar-refractivity contribution is 9.10. The molecule has 2 aromatic rings. The van der Waals surface area contributed by atoms with Gasteiger partial charge < -0.3 is 9.30 Å². The second-order valence-corrected chi connectivity index (χ2v) is 5.88. The maximum atomic E-state index is 12.8. The number of ether oxygens (including phenoxy) is 1. The van der Waals surface area contributed by atoms with E-state index in [0.717, 1.165) is 4.57 Å². The van der Waals surface area contributed by atoms with Crippen LogP contribution in [0.5, 0.6) is 5.75 Å². The number of aromatic nitrogens is 1. The van der Waals surface area contributed by atoms with Gasteiger partial charge in [-0.05, 0) is 46.3 Å². The molecule has 7 heteroatoms. The zero-order chi connectivity index (χ0) is 17.0. The molecule has 0 saturated carbocycles. The SMILES string of the molecule is C=CCOc1ccc(-c2ccc(Br)c(=O)n2CC(F)F)c(Cl)c1. The first-order chi connectivity index (χ1) is 10.9. The largest absolute Gasteiger partial charge is 0.490 e. The van der Waals surface area contributed by atoms with E-state index in [2.05, 4.69) is 22.5 Å². The zero-order valence-corrected chi connectivity index (χ0v) is 14.3. The van der Waals surface area contributed by atoms with Gasteiger partial charge in [-0.1, -0.05) is 24.3 Å². The maximum Gasteiger partial charge on any atom is 0.265 e. The highest BCUT2D eigenvalue weighted by Gasteiger charge is 2.16. The van der Waals surface area contributed by atoms with Gasteiger partial charge in [0.25, 0.3) is 12.0 Å². The lowest BCUT2D eigenvalue weighted by atomic mass is 10.1. The van der Waals surface area contributed by atoms with Crippen molar-refractivity contribution in [2.24, 2.45) is 0 Å². The summed E-state index contributed by atoms with van der Waals surface area (Å²) in [7, 11) is 0. The fraction of sp³-hybridized carbons (Fsp3) is 0.188. The predicted octanol–water partition coefficient (Wildman–Crippen LogP) is 4.76. The van der Waals surface area contributed by atoms with Gasteiger partial charge in [0.2, 0.25) is 0 Å². The molecule has 0 aliphatic carbocycles. The summed E-state index contributed by atoms with van der Waals surface area (Å²) in [5.41, 5.74) is 0.257.